The Morgan fingerprint density at radius 2 is 1.66 bits per heavy atom. The second-order valence-corrected chi connectivity index (χ2v) is 16.8. The van der Waals surface area contributed by atoms with E-state index in [0.29, 0.717) is 61.6 Å². The molecule has 0 aromatic heterocycles. The number of esters is 1. The van der Waals surface area contributed by atoms with E-state index < -0.39 is 77.9 Å². The smallest absolute Gasteiger partial charge is 0.308 e. The molecule has 3 aliphatic rings. The number of hydrogen-bond donors (Lipinski definition) is 8. The molecule has 15 heteroatoms. The molecule has 1 aliphatic heterocycles. The van der Waals surface area contributed by atoms with E-state index in [1.165, 1.54) is 25.1 Å². The Hall–Kier alpha value is -5.62. The van der Waals surface area contributed by atoms with Crippen LogP contribution in [0.25, 0.3) is 12.2 Å². The Morgan fingerprint density at radius 1 is 0.922 bits per heavy atom. The van der Waals surface area contributed by atoms with Crippen LogP contribution in [0.1, 0.15) is 134 Å². The van der Waals surface area contributed by atoms with Gasteiger partial charge in [0, 0.05) is 46.7 Å². The Kier molecular flexibility index (Phi) is 13.9. The number of carbonyl (C=O) groups is 4. The lowest BCUT2D eigenvalue weighted by Crippen LogP contribution is -2.58. The molecule has 6 atom stereocenters. The summed E-state index contributed by atoms with van der Waals surface area (Å²) in [4.78, 5) is 55.1. The number of nitrogens with two attached hydrogens (primary N) is 1. The van der Waals surface area contributed by atoms with Crippen LogP contribution in [0.15, 0.2) is 54.6 Å². The maximum absolute atomic E-state index is 15.0. The molecule has 338 valence electrons. The van der Waals surface area contributed by atoms with Crippen molar-refractivity contribution in [1.29, 1.82) is 0 Å². The van der Waals surface area contributed by atoms with Gasteiger partial charge in [0.05, 0.1) is 30.0 Å². The van der Waals surface area contributed by atoms with E-state index in [-0.39, 0.29) is 56.9 Å². The van der Waals surface area contributed by atoms with Crippen LogP contribution in [0.2, 0.25) is 0 Å². The fourth-order valence-electron chi connectivity index (χ4n) is 9.08. The number of aliphatic hydroxyl groups is 6. The first-order chi connectivity index (χ1) is 30.6. The van der Waals surface area contributed by atoms with Crippen molar-refractivity contribution in [2.24, 2.45) is 5.73 Å². The lowest BCUT2D eigenvalue weighted by atomic mass is 9.77. The molecule has 9 N–H and O–H groups in total. The van der Waals surface area contributed by atoms with Gasteiger partial charge in [-0.15, -0.1) is 0 Å². The Morgan fingerprint density at radius 3 is 2.34 bits per heavy atom. The number of aromatic hydroxyl groups is 1. The zero-order valence-corrected chi connectivity index (χ0v) is 35.5. The minimum absolute atomic E-state index is 0.0000687. The quantitative estimate of drug-likeness (QED) is 0.0322. The fourth-order valence-corrected chi connectivity index (χ4v) is 9.08. The van der Waals surface area contributed by atoms with Gasteiger partial charge in [0.25, 0.3) is 0 Å². The highest BCUT2D eigenvalue weighted by Crippen LogP contribution is 2.46. The Bertz CT molecular complexity index is 2490. The van der Waals surface area contributed by atoms with Crippen LogP contribution >= 0.6 is 0 Å². The van der Waals surface area contributed by atoms with Crippen LogP contribution in [0.4, 0.5) is 0 Å². The zero-order valence-electron chi connectivity index (χ0n) is 35.5. The van der Waals surface area contributed by atoms with E-state index >= 15 is 4.79 Å². The van der Waals surface area contributed by atoms with Crippen LogP contribution in [-0.4, -0.2) is 103 Å². The van der Waals surface area contributed by atoms with Crippen molar-refractivity contribution in [1.82, 2.24) is 0 Å². The molecular formula is C49H53NO14. The summed E-state index contributed by atoms with van der Waals surface area (Å²) in [6.45, 7) is 2.25. The molecule has 1 heterocycles. The molecule has 1 saturated carbocycles. The van der Waals surface area contributed by atoms with Gasteiger partial charge in [-0.3, -0.25) is 19.2 Å². The molecule has 4 aromatic carbocycles. The van der Waals surface area contributed by atoms with E-state index in [1.54, 1.807) is 36.4 Å². The van der Waals surface area contributed by atoms with Crippen molar-refractivity contribution < 1.29 is 69.1 Å². The SMILES string of the molecule is CC(=O)Oc1cc(CO)c2c(c1/C=C/c1cccc(C[C@H](O)CCCN)c1)C(=O)c1cc(O[C@H]3O[C@@H](C)[C@@H](O)[C@@H](O)[C@H]3O)c(Cc3cccc(C4(O)CCCC4)c3C=O)c(O)c1C2=O. The number of phenolic OH excluding ortho intramolecular Hbond substituents is 1. The number of benzene rings is 4. The van der Waals surface area contributed by atoms with Gasteiger partial charge in [-0.2, -0.15) is 0 Å². The molecule has 0 amide bonds. The highest BCUT2D eigenvalue weighted by molar-refractivity contribution is 6.31. The molecule has 2 fully saturated rings. The highest BCUT2D eigenvalue weighted by Gasteiger charge is 2.45. The third-order valence-corrected chi connectivity index (χ3v) is 12.4. The number of aliphatic hydroxyl groups excluding tert-OH is 5. The van der Waals surface area contributed by atoms with E-state index in [9.17, 15) is 50.1 Å². The second kappa shape index (κ2) is 19.2. The van der Waals surface area contributed by atoms with Gasteiger partial charge in [0.1, 0.15) is 35.6 Å². The molecular weight excluding hydrogens is 827 g/mol. The molecule has 64 heavy (non-hydrogen) atoms. The predicted molar refractivity (Wildman–Crippen MR) is 232 cm³/mol. The van der Waals surface area contributed by atoms with Gasteiger partial charge in [-0.1, -0.05) is 61.4 Å². The summed E-state index contributed by atoms with van der Waals surface area (Å²) in [6.07, 6.45) is -1.14. The van der Waals surface area contributed by atoms with Crippen LogP contribution in [-0.2, 0) is 34.6 Å². The molecule has 0 spiro atoms. The monoisotopic (exact) mass is 879 g/mol. The van der Waals surface area contributed by atoms with Gasteiger partial charge < -0.3 is 55.7 Å². The normalized spacial score (nSPS) is 22.0. The first-order valence-electron chi connectivity index (χ1n) is 21.4. The van der Waals surface area contributed by atoms with Gasteiger partial charge in [-0.05, 0) is 91.6 Å². The maximum atomic E-state index is 15.0. The van der Waals surface area contributed by atoms with E-state index in [4.69, 9.17) is 19.9 Å². The van der Waals surface area contributed by atoms with Gasteiger partial charge in [-0.25, -0.2) is 0 Å². The van der Waals surface area contributed by atoms with Gasteiger partial charge in [0.2, 0.25) is 6.29 Å². The average molecular weight is 880 g/mol. The number of ketones is 2. The van der Waals surface area contributed by atoms with Crippen molar-refractivity contribution in [2.75, 3.05) is 6.54 Å². The number of rotatable bonds is 15. The summed E-state index contributed by atoms with van der Waals surface area (Å²) in [6, 6.07) is 14.6. The average Bonchev–Trinajstić information content (AvgIpc) is 3.72. The minimum atomic E-state index is -1.83. The van der Waals surface area contributed by atoms with Crippen molar-refractivity contribution in [3.05, 3.63) is 121 Å². The van der Waals surface area contributed by atoms with Crippen LogP contribution in [0.5, 0.6) is 17.2 Å². The van der Waals surface area contributed by atoms with E-state index in [0.717, 1.165) is 25.3 Å². The molecule has 2 aliphatic carbocycles. The molecule has 0 radical (unpaired) electrons. The summed E-state index contributed by atoms with van der Waals surface area (Å²) in [7, 11) is 0. The molecule has 4 aromatic rings. The van der Waals surface area contributed by atoms with Crippen LogP contribution in [0, 0.1) is 0 Å². The van der Waals surface area contributed by atoms with Crippen molar-refractivity contribution >= 4 is 36.0 Å². The predicted octanol–water partition coefficient (Wildman–Crippen LogP) is 3.77. The number of carbonyl (C=O) groups excluding carboxylic acids is 4. The first-order valence-corrected chi connectivity index (χ1v) is 21.4. The number of aldehydes is 1. The fraction of sp³-hybridized carbons (Fsp3) is 0.388. The largest absolute Gasteiger partial charge is 0.507 e. The zero-order chi connectivity index (χ0) is 46.0. The number of phenols is 1. The van der Waals surface area contributed by atoms with Gasteiger partial charge >= 0.3 is 5.97 Å². The summed E-state index contributed by atoms with van der Waals surface area (Å²) >= 11 is 0. The first kappa shape index (κ1) is 46.4. The number of ether oxygens (including phenoxy) is 3. The third kappa shape index (κ3) is 9.03. The lowest BCUT2D eigenvalue weighted by molar-refractivity contribution is -0.268. The molecule has 0 unspecified atom stereocenters. The molecule has 15 nitrogen and oxygen atoms in total. The molecule has 7 rings (SSSR count). The second-order valence-electron chi connectivity index (χ2n) is 16.8. The standard InChI is InChI=1S/C49H53NO14/c1-25-42(55)46(59)47(60)48(62-25)64-38-22-34-41(43(56)33(38)20-29-10-6-12-36(35(29)24-52)49(61)15-3-4-16-49)45(58)39-30(23-51)21-37(63-26(2)53)32(40(39)44(34)57)14-13-27-8-5-9-28(18-27)19-31(54)11-7-17-50/h5-6,8-10,12-14,18,21-22,24-25,31,42,46-48,51,54-56,59-61H,3-4,7,11,15-17,19-20,23,50H2,1-2H3/b14-13+/t25-,31+,42+,46+,47+,48+/m0/s1. The summed E-state index contributed by atoms with van der Waals surface area (Å²) in [5, 5.41) is 77.0. The topological polar surface area (TPSA) is 264 Å². The molecule has 0 bridgehead atoms. The van der Waals surface area contributed by atoms with E-state index in [2.05, 4.69) is 0 Å². The number of hydrogen-bond acceptors (Lipinski definition) is 15. The van der Waals surface area contributed by atoms with E-state index in [1.807, 2.05) is 12.1 Å². The van der Waals surface area contributed by atoms with Crippen LogP contribution < -0.4 is 15.2 Å². The Labute approximate surface area is 369 Å². The minimum Gasteiger partial charge on any atom is -0.507 e. The third-order valence-electron chi connectivity index (χ3n) is 12.4. The summed E-state index contributed by atoms with van der Waals surface area (Å²) in [5.74, 6) is -3.64. The number of fused-ring (bicyclic) bond motifs is 2. The van der Waals surface area contributed by atoms with Gasteiger partial charge in [0.15, 0.2) is 17.9 Å². The van der Waals surface area contributed by atoms with Crippen molar-refractivity contribution in [3.8, 4) is 17.2 Å². The molecule has 1 saturated heterocycles. The van der Waals surface area contributed by atoms with Crippen molar-refractivity contribution in [2.45, 2.75) is 114 Å². The maximum Gasteiger partial charge on any atom is 0.308 e. The van der Waals surface area contributed by atoms with Crippen molar-refractivity contribution in [3.63, 3.8) is 0 Å². The summed E-state index contributed by atoms with van der Waals surface area (Å²) in [5.41, 5.74) is 5.07. The Balaban J connectivity index is 1.39. The highest BCUT2D eigenvalue weighted by atomic mass is 16.7. The lowest BCUT2D eigenvalue weighted by Gasteiger charge is -2.39. The summed E-state index contributed by atoms with van der Waals surface area (Å²) < 4.78 is 17.5. The van der Waals surface area contributed by atoms with Crippen LogP contribution in [0.3, 0.4) is 0 Å².